The highest BCUT2D eigenvalue weighted by Crippen LogP contribution is 2.28. The lowest BCUT2D eigenvalue weighted by Crippen LogP contribution is -2.07. The van der Waals surface area contributed by atoms with Crippen molar-refractivity contribution in [3.63, 3.8) is 0 Å². The minimum Gasteiger partial charge on any atom is -0.436 e. The molecular weight excluding hydrogens is 368 g/mol. The summed E-state index contributed by atoms with van der Waals surface area (Å²) in [5, 5.41) is 3.36. The summed E-state index contributed by atoms with van der Waals surface area (Å²) in [5.74, 6) is 0.622. The Morgan fingerprint density at radius 3 is 2.65 bits per heavy atom. The molecule has 0 atom stereocenters. The van der Waals surface area contributed by atoms with Crippen molar-refractivity contribution >= 4 is 45.4 Å². The first-order valence-corrected chi connectivity index (χ1v) is 9.30. The SMILES string of the molecule is CN(C)c1ccc(-c2nc3cc(NCc4cnc(Cl)s4)ccc3o2)cc1. The second-order valence-electron chi connectivity index (χ2n) is 6.08. The monoisotopic (exact) mass is 384 g/mol. The molecule has 0 saturated heterocycles. The van der Waals surface area contributed by atoms with Crippen LogP contribution in [0.2, 0.25) is 4.47 Å². The third-order valence-corrected chi connectivity index (χ3v) is 5.13. The summed E-state index contributed by atoms with van der Waals surface area (Å²) in [7, 11) is 4.03. The standard InChI is InChI=1S/C19H17ClN4OS/c1-24(2)14-6-3-12(4-7-14)18-23-16-9-13(5-8-17(16)25-18)21-10-15-11-22-19(20)26-15/h3-9,11,21H,10H2,1-2H3. The van der Waals surface area contributed by atoms with Crippen molar-refractivity contribution in [1.82, 2.24) is 9.97 Å². The minimum atomic E-state index is 0.554. The Labute approximate surface area is 160 Å². The molecule has 0 amide bonds. The lowest BCUT2D eigenvalue weighted by molar-refractivity contribution is 0.620. The maximum Gasteiger partial charge on any atom is 0.227 e. The van der Waals surface area contributed by atoms with Gasteiger partial charge in [0.25, 0.3) is 0 Å². The second-order valence-corrected chi connectivity index (χ2v) is 7.77. The van der Waals surface area contributed by atoms with Crippen LogP contribution in [0.25, 0.3) is 22.6 Å². The molecule has 2 heterocycles. The summed E-state index contributed by atoms with van der Waals surface area (Å²) >= 11 is 7.33. The molecule has 0 aliphatic carbocycles. The van der Waals surface area contributed by atoms with E-state index >= 15 is 0 Å². The molecule has 0 unspecified atom stereocenters. The number of nitrogens with one attached hydrogen (secondary N) is 1. The Balaban J connectivity index is 1.55. The average molecular weight is 385 g/mol. The highest BCUT2D eigenvalue weighted by molar-refractivity contribution is 7.15. The molecule has 0 fully saturated rings. The van der Waals surface area contributed by atoms with Gasteiger partial charge in [0.05, 0.1) is 6.54 Å². The van der Waals surface area contributed by atoms with Crippen LogP contribution in [0, 0.1) is 0 Å². The molecule has 0 aliphatic heterocycles. The van der Waals surface area contributed by atoms with Gasteiger partial charge >= 0.3 is 0 Å². The quantitative estimate of drug-likeness (QED) is 0.507. The predicted octanol–water partition coefficient (Wildman–Crippen LogP) is 5.28. The van der Waals surface area contributed by atoms with Gasteiger partial charge < -0.3 is 14.6 Å². The fourth-order valence-corrected chi connectivity index (χ4v) is 3.54. The number of hydrogen-bond acceptors (Lipinski definition) is 6. The molecule has 2 aromatic heterocycles. The largest absolute Gasteiger partial charge is 0.436 e. The molecule has 4 rings (SSSR count). The average Bonchev–Trinajstić information content (AvgIpc) is 3.25. The normalized spacial score (nSPS) is 11.0. The van der Waals surface area contributed by atoms with E-state index < -0.39 is 0 Å². The van der Waals surface area contributed by atoms with E-state index in [0.29, 0.717) is 16.9 Å². The van der Waals surface area contributed by atoms with Crippen molar-refractivity contribution in [2.75, 3.05) is 24.3 Å². The van der Waals surface area contributed by atoms with Crippen molar-refractivity contribution in [2.45, 2.75) is 6.54 Å². The number of benzene rings is 2. The maximum atomic E-state index is 5.90. The maximum absolute atomic E-state index is 5.90. The topological polar surface area (TPSA) is 54.2 Å². The zero-order valence-electron chi connectivity index (χ0n) is 14.4. The van der Waals surface area contributed by atoms with E-state index in [1.54, 1.807) is 6.20 Å². The summed E-state index contributed by atoms with van der Waals surface area (Å²) in [5.41, 5.74) is 4.66. The highest BCUT2D eigenvalue weighted by Gasteiger charge is 2.09. The van der Waals surface area contributed by atoms with Gasteiger partial charge in [0, 0.05) is 42.1 Å². The predicted molar refractivity (Wildman–Crippen MR) is 108 cm³/mol. The van der Waals surface area contributed by atoms with Gasteiger partial charge in [-0.1, -0.05) is 11.6 Å². The van der Waals surface area contributed by atoms with Crippen LogP contribution in [-0.4, -0.2) is 24.1 Å². The first-order chi connectivity index (χ1) is 12.6. The molecule has 0 radical (unpaired) electrons. The smallest absolute Gasteiger partial charge is 0.227 e. The Bertz CT molecular complexity index is 1040. The number of oxazole rings is 1. The van der Waals surface area contributed by atoms with Gasteiger partial charge in [-0.15, -0.1) is 11.3 Å². The molecular formula is C19H17ClN4OS. The van der Waals surface area contributed by atoms with Gasteiger partial charge in [0.1, 0.15) is 5.52 Å². The zero-order chi connectivity index (χ0) is 18.1. The third-order valence-electron chi connectivity index (χ3n) is 4.01. The lowest BCUT2D eigenvalue weighted by atomic mass is 10.2. The molecule has 26 heavy (non-hydrogen) atoms. The molecule has 0 bridgehead atoms. The third kappa shape index (κ3) is 3.52. The molecule has 132 valence electrons. The van der Waals surface area contributed by atoms with Crippen LogP contribution in [-0.2, 0) is 6.54 Å². The van der Waals surface area contributed by atoms with Crippen LogP contribution >= 0.6 is 22.9 Å². The van der Waals surface area contributed by atoms with Gasteiger partial charge in [0.15, 0.2) is 10.0 Å². The molecule has 0 saturated carbocycles. The summed E-state index contributed by atoms with van der Waals surface area (Å²) in [6, 6.07) is 14.0. The summed E-state index contributed by atoms with van der Waals surface area (Å²) < 4.78 is 6.45. The van der Waals surface area contributed by atoms with E-state index in [2.05, 4.69) is 32.3 Å². The van der Waals surface area contributed by atoms with E-state index in [9.17, 15) is 0 Å². The van der Waals surface area contributed by atoms with E-state index in [0.717, 1.165) is 32.9 Å². The van der Waals surface area contributed by atoms with Gasteiger partial charge in [-0.05, 0) is 42.5 Å². The Morgan fingerprint density at radius 2 is 1.96 bits per heavy atom. The number of halogens is 1. The fourth-order valence-electron chi connectivity index (χ4n) is 2.62. The number of anilines is 2. The Morgan fingerprint density at radius 1 is 1.15 bits per heavy atom. The fraction of sp³-hybridized carbons (Fsp3) is 0.158. The van der Waals surface area contributed by atoms with Crippen LogP contribution in [0.4, 0.5) is 11.4 Å². The van der Waals surface area contributed by atoms with Crippen molar-refractivity contribution < 1.29 is 4.42 Å². The van der Waals surface area contributed by atoms with Crippen LogP contribution in [0.5, 0.6) is 0 Å². The van der Waals surface area contributed by atoms with E-state index in [1.807, 2.05) is 44.4 Å². The second kappa shape index (κ2) is 6.97. The summed E-state index contributed by atoms with van der Waals surface area (Å²) in [4.78, 5) is 11.8. The van der Waals surface area contributed by atoms with E-state index in [1.165, 1.54) is 11.3 Å². The Hall–Kier alpha value is -2.57. The van der Waals surface area contributed by atoms with Crippen LogP contribution in [0.3, 0.4) is 0 Å². The van der Waals surface area contributed by atoms with Gasteiger partial charge in [-0.3, -0.25) is 0 Å². The van der Waals surface area contributed by atoms with Crippen LogP contribution in [0.1, 0.15) is 4.88 Å². The molecule has 0 aliphatic rings. The number of hydrogen-bond donors (Lipinski definition) is 1. The zero-order valence-corrected chi connectivity index (χ0v) is 15.9. The van der Waals surface area contributed by atoms with Crippen LogP contribution in [0.15, 0.2) is 53.1 Å². The summed E-state index contributed by atoms with van der Waals surface area (Å²) in [6.07, 6.45) is 1.78. The Kier molecular flexibility index (Phi) is 4.53. The number of aromatic nitrogens is 2. The van der Waals surface area contributed by atoms with Crippen molar-refractivity contribution in [2.24, 2.45) is 0 Å². The number of thiazole rings is 1. The molecule has 4 aromatic rings. The van der Waals surface area contributed by atoms with Crippen molar-refractivity contribution in [1.29, 1.82) is 0 Å². The first-order valence-electron chi connectivity index (χ1n) is 8.11. The van der Waals surface area contributed by atoms with Crippen molar-refractivity contribution in [3.05, 3.63) is 58.0 Å². The van der Waals surface area contributed by atoms with Crippen LogP contribution < -0.4 is 10.2 Å². The van der Waals surface area contributed by atoms with Gasteiger partial charge in [-0.25, -0.2) is 9.97 Å². The molecule has 5 nitrogen and oxygen atoms in total. The lowest BCUT2D eigenvalue weighted by Gasteiger charge is -2.11. The molecule has 2 aromatic carbocycles. The summed E-state index contributed by atoms with van der Waals surface area (Å²) in [6.45, 7) is 0.673. The minimum absolute atomic E-state index is 0.554. The molecule has 7 heteroatoms. The van der Waals surface area contributed by atoms with Gasteiger partial charge in [0.2, 0.25) is 5.89 Å². The molecule has 0 spiro atoms. The molecule has 1 N–H and O–H groups in total. The number of nitrogens with zero attached hydrogens (tertiary/aromatic N) is 3. The van der Waals surface area contributed by atoms with E-state index in [4.69, 9.17) is 16.0 Å². The highest BCUT2D eigenvalue weighted by atomic mass is 35.5. The first kappa shape index (κ1) is 16.9. The van der Waals surface area contributed by atoms with Gasteiger partial charge in [-0.2, -0.15) is 0 Å². The number of fused-ring (bicyclic) bond motifs is 1. The number of rotatable bonds is 5. The van der Waals surface area contributed by atoms with Crippen molar-refractivity contribution in [3.8, 4) is 11.5 Å². The van der Waals surface area contributed by atoms with E-state index in [-0.39, 0.29) is 0 Å².